The van der Waals surface area contributed by atoms with Gasteiger partial charge in [0.25, 0.3) is 11.8 Å². The molecule has 0 bridgehead atoms. The van der Waals surface area contributed by atoms with Crippen molar-refractivity contribution in [3.05, 3.63) is 59.2 Å². The Morgan fingerprint density at radius 2 is 1.82 bits per heavy atom. The van der Waals surface area contributed by atoms with Gasteiger partial charge in [-0.3, -0.25) is 9.59 Å². The summed E-state index contributed by atoms with van der Waals surface area (Å²) >= 11 is 0. The van der Waals surface area contributed by atoms with Crippen molar-refractivity contribution >= 4 is 23.6 Å². The van der Waals surface area contributed by atoms with E-state index >= 15 is 0 Å². The van der Waals surface area contributed by atoms with Crippen molar-refractivity contribution in [2.24, 2.45) is 0 Å². The van der Waals surface area contributed by atoms with Gasteiger partial charge in [0, 0.05) is 30.7 Å². The molecule has 2 fully saturated rings. The van der Waals surface area contributed by atoms with Crippen LogP contribution >= 0.6 is 0 Å². The molecule has 2 aromatic carbocycles. The summed E-state index contributed by atoms with van der Waals surface area (Å²) in [4.78, 5) is 43.7. The lowest BCUT2D eigenvalue weighted by Crippen LogP contribution is -2.61. The number of nitrogens with one attached hydrogen (secondary N) is 1. The lowest BCUT2D eigenvalue weighted by atomic mass is 9.77. The molecular weight excluding hydrogens is 506 g/mol. The second-order valence-electron chi connectivity index (χ2n) is 11.6. The van der Waals surface area contributed by atoms with Crippen LogP contribution in [0.25, 0.3) is 0 Å². The number of anilines is 1. The molecule has 3 amide bonds. The van der Waals surface area contributed by atoms with Crippen LogP contribution < -0.4 is 15.0 Å². The van der Waals surface area contributed by atoms with Crippen LogP contribution in [0, 0.1) is 6.92 Å². The SMILES string of the molecule is Cc1cc2c(cc1C(=O)N(C(C)C)C1CCCCC1)N(CCNC(=O)OCc1ccccc1)C(=O)C1(CCC1)O2. The van der Waals surface area contributed by atoms with Gasteiger partial charge in [-0.25, -0.2) is 4.79 Å². The van der Waals surface area contributed by atoms with Gasteiger partial charge in [-0.15, -0.1) is 0 Å². The van der Waals surface area contributed by atoms with E-state index in [4.69, 9.17) is 9.47 Å². The molecule has 2 aromatic rings. The van der Waals surface area contributed by atoms with Crippen molar-refractivity contribution in [3.63, 3.8) is 0 Å². The molecule has 1 N–H and O–H groups in total. The number of hydrogen-bond acceptors (Lipinski definition) is 5. The average molecular weight is 548 g/mol. The number of aryl methyl sites for hydroxylation is 1. The Bertz CT molecular complexity index is 1230. The van der Waals surface area contributed by atoms with Gasteiger partial charge in [0.1, 0.15) is 12.4 Å². The molecule has 0 aromatic heterocycles. The van der Waals surface area contributed by atoms with Crippen molar-refractivity contribution in [1.82, 2.24) is 10.2 Å². The molecule has 40 heavy (non-hydrogen) atoms. The van der Waals surface area contributed by atoms with Gasteiger partial charge < -0.3 is 24.6 Å². The first-order chi connectivity index (χ1) is 19.3. The lowest BCUT2D eigenvalue weighted by molar-refractivity contribution is -0.143. The minimum absolute atomic E-state index is 0.00106. The van der Waals surface area contributed by atoms with Crippen LogP contribution in [0.2, 0.25) is 0 Å². The fourth-order valence-electron chi connectivity index (χ4n) is 6.20. The summed E-state index contributed by atoms with van der Waals surface area (Å²) in [7, 11) is 0. The third kappa shape index (κ3) is 5.67. The molecule has 2 aliphatic carbocycles. The number of rotatable bonds is 8. The van der Waals surface area contributed by atoms with Crippen LogP contribution in [0.5, 0.6) is 5.75 Å². The maximum absolute atomic E-state index is 14.0. The normalized spacial score (nSPS) is 18.1. The van der Waals surface area contributed by atoms with Crippen molar-refractivity contribution in [3.8, 4) is 5.75 Å². The van der Waals surface area contributed by atoms with E-state index in [0.717, 1.165) is 43.2 Å². The number of carbonyl (C=O) groups is 3. The van der Waals surface area contributed by atoms with E-state index < -0.39 is 11.7 Å². The van der Waals surface area contributed by atoms with Crippen molar-refractivity contribution in [1.29, 1.82) is 0 Å². The number of ether oxygens (including phenoxy) is 2. The maximum Gasteiger partial charge on any atom is 0.407 e. The second kappa shape index (κ2) is 11.9. The maximum atomic E-state index is 14.0. The Balaban J connectivity index is 1.34. The van der Waals surface area contributed by atoms with Gasteiger partial charge in [0.05, 0.1) is 5.69 Å². The number of hydrogen-bond donors (Lipinski definition) is 1. The van der Waals surface area contributed by atoms with Crippen LogP contribution in [-0.4, -0.2) is 53.6 Å². The third-order valence-electron chi connectivity index (χ3n) is 8.51. The Hall–Kier alpha value is -3.55. The smallest absolute Gasteiger partial charge is 0.407 e. The van der Waals surface area contributed by atoms with Crippen LogP contribution in [0.1, 0.15) is 86.7 Å². The van der Waals surface area contributed by atoms with Gasteiger partial charge in [0.2, 0.25) is 0 Å². The van der Waals surface area contributed by atoms with Crippen molar-refractivity contribution in [2.75, 3.05) is 18.0 Å². The van der Waals surface area contributed by atoms with E-state index in [9.17, 15) is 14.4 Å². The summed E-state index contributed by atoms with van der Waals surface area (Å²) in [5.74, 6) is 0.510. The zero-order chi connectivity index (χ0) is 28.3. The molecule has 8 heteroatoms. The van der Waals surface area contributed by atoms with Crippen molar-refractivity contribution in [2.45, 2.75) is 96.4 Å². The molecule has 1 spiro atoms. The van der Waals surface area contributed by atoms with Crippen LogP contribution in [0.15, 0.2) is 42.5 Å². The standard InChI is InChI=1S/C32H41N3O5/c1-22(2)35(25-13-8-5-9-14-25)29(36)26-20-27-28(19-23(26)3)40-32(15-10-16-32)30(37)34(27)18-17-33-31(38)39-21-24-11-6-4-7-12-24/h4,6-7,11-12,19-20,22,25H,5,8-10,13-18,21H2,1-3H3,(H,33,38). The highest BCUT2D eigenvalue weighted by Gasteiger charge is 2.52. The summed E-state index contributed by atoms with van der Waals surface area (Å²) < 4.78 is 11.7. The molecule has 8 nitrogen and oxygen atoms in total. The molecule has 5 rings (SSSR count). The molecule has 3 aliphatic rings. The van der Waals surface area contributed by atoms with Gasteiger partial charge in [-0.2, -0.15) is 0 Å². The van der Waals surface area contributed by atoms with E-state index in [2.05, 4.69) is 19.2 Å². The van der Waals surface area contributed by atoms with E-state index in [1.807, 2.05) is 54.3 Å². The molecule has 2 saturated carbocycles. The van der Waals surface area contributed by atoms with E-state index in [1.54, 1.807) is 4.90 Å². The van der Waals surface area contributed by atoms with E-state index in [1.165, 1.54) is 6.42 Å². The molecule has 0 unspecified atom stereocenters. The Morgan fingerprint density at radius 3 is 2.48 bits per heavy atom. The Kier molecular flexibility index (Phi) is 8.33. The summed E-state index contributed by atoms with van der Waals surface area (Å²) in [5.41, 5.74) is 2.07. The predicted molar refractivity (Wildman–Crippen MR) is 154 cm³/mol. The molecule has 1 aliphatic heterocycles. The molecule has 0 radical (unpaired) electrons. The third-order valence-corrected chi connectivity index (χ3v) is 8.51. The van der Waals surface area contributed by atoms with Crippen LogP contribution in [-0.2, 0) is 16.1 Å². The summed E-state index contributed by atoms with van der Waals surface area (Å²) in [5, 5.41) is 2.77. The number of fused-ring (bicyclic) bond motifs is 1. The first kappa shape index (κ1) is 28.0. The highest BCUT2D eigenvalue weighted by atomic mass is 16.5. The fourth-order valence-corrected chi connectivity index (χ4v) is 6.20. The van der Waals surface area contributed by atoms with Crippen LogP contribution in [0.4, 0.5) is 10.5 Å². The van der Waals surface area contributed by atoms with Crippen molar-refractivity contribution < 1.29 is 23.9 Å². The number of benzene rings is 2. The number of alkyl carbamates (subject to hydrolysis) is 1. The minimum atomic E-state index is -0.856. The summed E-state index contributed by atoms with van der Waals surface area (Å²) in [6, 6.07) is 13.5. The van der Waals surface area contributed by atoms with E-state index in [-0.39, 0.29) is 43.6 Å². The van der Waals surface area contributed by atoms with Gasteiger partial charge in [0.15, 0.2) is 5.60 Å². The van der Waals surface area contributed by atoms with Crippen LogP contribution in [0.3, 0.4) is 0 Å². The van der Waals surface area contributed by atoms with Gasteiger partial charge in [-0.1, -0.05) is 49.6 Å². The number of nitrogens with zero attached hydrogens (tertiary/aromatic N) is 2. The average Bonchev–Trinajstić information content (AvgIpc) is 2.92. The molecule has 0 saturated heterocycles. The number of amides is 3. The topological polar surface area (TPSA) is 88.2 Å². The Labute approximate surface area is 237 Å². The molecule has 0 atom stereocenters. The Morgan fingerprint density at radius 1 is 1.10 bits per heavy atom. The zero-order valence-electron chi connectivity index (χ0n) is 23.9. The van der Waals surface area contributed by atoms with E-state index in [0.29, 0.717) is 29.8 Å². The zero-order valence-corrected chi connectivity index (χ0v) is 23.9. The second-order valence-corrected chi connectivity index (χ2v) is 11.6. The molecule has 214 valence electrons. The largest absolute Gasteiger partial charge is 0.475 e. The minimum Gasteiger partial charge on any atom is -0.475 e. The fraction of sp³-hybridized carbons (Fsp3) is 0.531. The molecule has 1 heterocycles. The lowest BCUT2D eigenvalue weighted by Gasteiger charge is -2.47. The van der Waals surface area contributed by atoms with Gasteiger partial charge >= 0.3 is 6.09 Å². The first-order valence-corrected chi connectivity index (χ1v) is 14.7. The predicted octanol–water partition coefficient (Wildman–Crippen LogP) is 5.75. The number of carbonyl (C=O) groups excluding carboxylic acids is 3. The highest BCUT2D eigenvalue weighted by molar-refractivity contribution is 6.05. The van der Waals surface area contributed by atoms with Gasteiger partial charge in [-0.05, 0) is 76.1 Å². The highest BCUT2D eigenvalue weighted by Crippen LogP contribution is 2.47. The summed E-state index contributed by atoms with van der Waals surface area (Å²) in [6.45, 7) is 6.73. The summed E-state index contributed by atoms with van der Waals surface area (Å²) in [6.07, 6.45) is 7.27. The molecular formula is C32H41N3O5. The quantitative estimate of drug-likeness (QED) is 0.455. The monoisotopic (exact) mass is 547 g/mol. The first-order valence-electron chi connectivity index (χ1n) is 14.7.